The molecule has 1 fully saturated rings. The van der Waals surface area contributed by atoms with Gasteiger partial charge in [0.2, 0.25) is 5.91 Å². The number of rotatable bonds is 4. The summed E-state index contributed by atoms with van der Waals surface area (Å²) in [5.41, 5.74) is 3.32. The molecule has 0 aliphatic carbocycles. The third kappa shape index (κ3) is 3.94. The number of benzene rings is 1. The van der Waals surface area contributed by atoms with Gasteiger partial charge in [-0.2, -0.15) is 0 Å². The van der Waals surface area contributed by atoms with Gasteiger partial charge in [0.15, 0.2) is 8.32 Å². The minimum atomic E-state index is -1.80. The first kappa shape index (κ1) is 19.7. The van der Waals surface area contributed by atoms with Gasteiger partial charge in [0.1, 0.15) is 0 Å². The molecular weight excluding hydrogens is 382 g/mol. The van der Waals surface area contributed by atoms with Crippen molar-refractivity contribution in [2.75, 3.05) is 11.5 Å². The van der Waals surface area contributed by atoms with Gasteiger partial charge in [-0.25, -0.2) is 0 Å². The number of hydrogen-bond donors (Lipinski definition) is 0. The van der Waals surface area contributed by atoms with Crippen LogP contribution in [-0.4, -0.2) is 26.9 Å². The van der Waals surface area contributed by atoms with Crippen molar-refractivity contribution in [2.24, 2.45) is 0 Å². The predicted octanol–water partition coefficient (Wildman–Crippen LogP) is 5.58. The van der Waals surface area contributed by atoms with Crippen molar-refractivity contribution in [3.8, 4) is 0 Å². The van der Waals surface area contributed by atoms with E-state index in [2.05, 4.69) is 75.8 Å². The number of carbonyl (C=O) groups is 1. The minimum Gasteiger partial charge on any atom is -0.415 e. The van der Waals surface area contributed by atoms with E-state index < -0.39 is 8.32 Å². The molecule has 0 bridgehead atoms. The third-order valence-electron chi connectivity index (χ3n) is 5.47. The van der Waals surface area contributed by atoms with Crippen molar-refractivity contribution < 1.29 is 9.22 Å². The number of anilines is 1. The molecule has 1 aromatic carbocycles. The molecular formula is C19H30BrNO2Si. The van der Waals surface area contributed by atoms with Crippen LogP contribution < -0.4 is 4.90 Å². The molecule has 134 valence electrons. The number of nitrogens with zero attached hydrogens (tertiary/aromatic N) is 1. The van der Waals surface area contributed by atoms with Gasteiger partial charge in [0.25, 0.3) is 0 Å². The maximum atomic E-state index is 12.5. The molecule has 0 aromatic heterocycles. The molecule has 0 radical (unpaired) electrons. The van der Waals surface area contributed by atoms with Crippen LogP contribution in [0.2, 0.25) is 18.1 Å². The van der Waals surface area contributed by atoms with E-state index in [-0.39, 0.29) is 17.0 Å². The van der Waals surface area contributed by atoms with Crippen LogP contribution in [0, 0.1) is 13.8 Å². The van der Waals surface area contributed by atoms with E-state index in [0.29, 0.717) is 13.0 Å². The molecule has 0 N–H and O–H groups in total. The monoisotopic (exact) mass is 411 g/mol. The number of aryl methyl sites for hydroxylation is 2. The summed E-state index contributed by atoms with van der Waals surface area (Å²) in [5.74, 6) is 0.208. The summed E-state index contributed by atoms with van der Waals surface area (Å²) < 4.78 is 7.52. The lowest BCUT2D eigenvalue weighted by Crippen LogP contribution is -2.45. The molecule has 1 saturated heterocycles. The van der Waals surface area contributed by atoms with Gasteiger partial charge in [-0.15, -0.1) is 0 Å². The van der Waals surface area contributed by atoms with Gasteiger partial charge in [0, 0.05) is 16.6 Å². The fraction of sp³-hybridized carbons (Fsp3) is 0.632. The van der Waals surface area contributed by atoms with E-state index in [1.54, 1.807) is 0 Å². The Morgan fingerprint density at radius 2 is 1.79 bits per heavy atom. The highest BCUT2D eigenvalue weighted by molar-refractivity contribution is 9.10. The minimum absolute atomic E-state index is 0.145. The molecule has 0 saturated carbocycles. The lowest BCUT2D eigenvalue weighted by Gasteiger charge is -2.38. The molecule has 1 heterocycles. The van der Waals surface area contributed by atoms with E-state index in [1.165, 1.54) is 0 Å². The summed E-state index contributed by atoms with van der Waals surface area (Å²) >= 11 is 3.61. The SMILES string of the molecule is Cc1cc(N2C(=O)CCC2CO[Si](C)(C)C(C)(C)C)cc(C)c1Br. The van der Waals surface area contributed by atoms with Crippen LogP contribution in [0.25, 0.3) is 0 Å². The average molecular weight is 412 g/mol. The van der Waals surface area contributed by atoms with E-state index >= 15 is 0 Å². The Hall–Kier alpha value is -0.653. The molecule has 1 amide bonds. The van der Waals surface area contributed by atoms with Crippen molar-refractivity contribution in [2.45, 2.75) is 71.6 Å². The third-order valence-corrected chi connectivity index (χ3v) is 11.2. The van der Waals surface area contributed by atoms with Crippen LogP contribution in [-0.2, 0) is 9.22 Å². The predicted molar refractivity (Wildman–Crippen MR) is 107 cm³/mol. The maximum absolute atomic E-state index is 12.5. The highest BCUT2D eigenvalue weighted by Gasteiger charge is 2.40. The summed E-state index contributed by atoms with van der Waals surface area (Å²) in [4.78, 5) is 14.4. The molecule has 24 heavy (non-hydrogen) atoms. The Morgan fingerprint density at radius 3 is 2.29 bits per heavy atom. The van der Waals surface area contributed by atoms with Crippen LogP contribution in [0.1, 0.15) is 44.7 Å². The van der Waals surface area contributed by atoms with Gasteiger partial charge < -0.3 is 9.33 Å². The molecule has 1 aliphatic rings. The fourth-order valence-corrected chi connectivity index (χ4v) is 4.11. The van der Waals surface area contributed by atoms with Gasteiger partial charge in [0.05, 0.1) is 12.6 Å². The molecule has 1 aliphatic heterocycles. The van der Waals surface area contributed by atoms with Gasteiger partial charge in [-0.05, 0) is 61.7 Å². The topological polar surface area (TPSA) is 29.5 Å². The molecule has 1 unspecified atom stereocenters. The summed E-state index contributed by atoms with van der Waals surface area (Å²) in [7, 11) is -1.80. The number of amides is 1. The zero-order valence-electron chi connectivity index (χ0n) is 16.0. The lowest BCUT2D eigenvalue weighted by molar-refractivity contribution is -0.117. The molecule has 0 spiro atoms. The Balaban J connectivity index is 2.21. The van der Waals surface area contributed by atoms with Gasteiger partial charge in [-0.3, -0.25) is 4.79 Å². The molecule has 5 heteroatoms. The average Bonchev–Trinajstić information content (AvgIpc) is 2.82. The quantitative estimate of drug-likeness (QED) is 0.604. The van der Waals surface area contributed by atoms with E-state index in [9.17, 15) is 4.79 Å². The number of carbonyl (C=O) groups excluding carboxylic acids is 1. The summed E-state index contributed by atoms with van der Waals surface area (Å²) in [5, 5.41) is 0.186. The van der Waals surface area contributed by atoms with Crippen molar-refractivity contribution in [1.82, 2.24) is 0 Å². The van der Waals surface area contributed by atoms with Crippen molar-refractivity contribution in [3.63, 3.8) is 0 Å². The van der Waals surface area contributed by atoms with Crippen LogP contribution in [0.4, 0.5) is 5.69 Å². The highest BCUT2D eigenvalue weighted by atomic mass is 79.9. The van der Waals surface area contributed by atoms with Crippen molar-refractivity contribution in [1.29, 1.82) is 0 Å². The van der Waals surface area contributed by atoms with Crippen LogP contribution >= 0.6 is 15.9 Å². The summed E-state index contributed by atoms with van der Waals surface area (Å²) in [6.07, 6.45) is 1.49. The zero-order chi connectivity index (χ0) is 18.3. The second-order valence-corrected chi connectivity index (χ2v) is 14.0. The standard InChI is InChI=1S/C19H30BrNO2Si/c1-13-10-16(11-14(2)18(13)20)21-15(8-9-17(21)22)12-23-24(6,7)19(3,4)5/h10-11,15H,8-9,12H2,1-7H3. The van der Waals surface area contributed by atoms with E-state index in [0.717, 1.165) is 27.7 Å². The molecule has 1 atom stereocenters. The normalized spacial score (nSPS) is 19.2. The molecule has 3 nitrogen and oxygen atoms in total. The summed E-state index contributed by atoms with van der Waals surface area (Å²) in [6.45, 7) is 16.1. The Labute approximate surface area is 156 Å². The van der Waals surface area contributed by atoms with Gasteiger partial charge >= 0.3 is 0 Å². The smallest absolute Gasteiger partial charge is 0.227 e. The first-order valence-electron chi connectivity index (χ1n) is 8.67. The fourth-order valence-electron chi connectivity index (χ4n) is 2.84. The molecule has 1 aromatic rings. The van der Waals surface area contributed by atoms with Crippen LogP contribution in [0.15, 0.2) is 16.6 Å². The largest absolute Gasteiger partial charge is 0.415 e. The number of halogens is 1. The highest BCUT2D eigenvalue weighted by Crippen LogP contribution is 2.38. The Kier molecular flexibility index (Phi) is 5.68. The van der Waals surface area contributed by atoms with Crippen LogP contribution in [0.5, 0.6) is 0 Å². The van der Waals surface area contributed by atoms with Gasteiger partial charge in [-0.1, -0.05) is 36.7 Å². The van der Waals surface area contributed by atoms with E-state index in [1.807, 2.05) is 4.90 Å². The Bertz CT molecular complexity index is 614. The van der Waals surface area contributed by atoms with E-state index in [4.69, 9.17) is 4.43 Å². The maximum Gasteiger partial charge on any atom is 0.227 e. The first-order valence-corrected chi connectivity index (χ1v) is 12.4. The number of hydrogen-bond acceptors (Lipinski definition) is 2. The van der Waals surface area contributed by atoms with Crippen LogP contribution in [0.3, 0.4) is 0 Å². The Morgan fingerprint density at radius 1 is 1.25 bits per heavy atom. The lowest BCUT2D eigenvalue weighted by atomic mass is 10.1. The summed E-state index contributed by atoms with van der Waals surface area (Å²) in [6, 6.07) is 4.34. The van der Waals surface area contributed by atoms with Crippen molar-refractivity contribution in [3.05, 3.63) is 27.7 Å². The molecule has 2 rings (SSSR count). The zero-order valence-corrected chi connectivity index (χ0v) is 18.6. The second kappa shape index (κ2) is 6.93. The second-order valence-electron chi connectivity index (χ2n) is 8.42. The first-order chi connectivity index (χ1) is 10.9. The van der Waals surface area contributed by atoms with Crippen molar-refractivity contribution >= 4 is 35.8 Å².